The second-order valence-corrected chi connectivity index (χ2v) is 5.16. The van der Waals surface area contributed by atoms with Crippen LogP contribution in [-0.4, -0.2) is 31.0 Å². The van der Waals surface area contributed by atoms with Crippen LogP contribution in [0.15, 0.2) is 0 Å². The van der Waals surface area contributed by atoms with Gasteiger partial charge in [-0.05, 0) is 31.6 Å². The first-order valence-corrected chi connectivity index (χ1v) is 7.07. The summed E-state index contributed by atoms with van der Waals surface area (Å²) >= 11 is 0. The summed E-state index contributed by atoms with van der Waals surface area (Å²) < 4.78 is 10.4. The Morgan fingerprint density at radius 2 is 2.20 bits per heavy atom. The number of ether oxygens (including phenoxy) is 1. The van der Waals surface area contributed by atoms with E-state index >= 15 is 0 Å². The van der Waals surface area contributed by atoms with Crippen molar-refractivity contribution >= 4 is 14.3 Å². The fourth-order valence-corrected chi connectivity index (χ4v) is 2.77. The van der Waals surface area contributed by atoms with E-state index in [0.717, 1.165) is 31.8 Å². The molecule has 0 aliphatic heterocycles. The van der Waals surface area contributed by atoms with Gasteiger partial charge < -0.3 is 4.74 Å². The molecule has 0 radical (unpaired) electrons. The summed E-state index contributed by atoms with van der Waals surface area (Å²) in [6.45, 7) is 0.869. The van der Waals surface area contributed by atoms with Crippen LogP contribution >= 0.6 is 8.00 Å². The lowest BCUT2D eigenvalue weighted by atomic mass is 10.0. The molecule has 0 bridgehead atoms. The summed E-state index contributed by atoms with van der Waals surface area (Å²) in [4.78, 5) is 9.06. The first kappa shape index (κ1) is 13.1. The lowest BCUT2D eigenvalue weighted by molar-refractivity contribution is 0.188. The van der Waals surface area contributed by atoms with Crippen LogP contribution in [-0.2, 0) is 9.26 Å². The molecule has 1 saturated carbocycles. The van der Waals surface area contributed by atoms with Crippen molar-refractivity contribution in [1.29, 1.82) is 0 Å². The predicted octanol–water partition coefficient (Wildman–Crippen LogP) is 2.72. The van der Waals surface area contributed by atoms with Crippen LogP contribution in [0.2, 0.25) is 0 Å². The minimum absolute atomic E-state index is 0.256. The third-order valence-corrected chi connectivity index (χ3v) is 3.52. The van der Waals surface area contributed by atoms with Gasteiger partial charge in [0, 0.05) is 13.7 Å². The molecule has 3 nitrogen and oxygen atoms in total. The number of hydrogen-bond donors (Lipinski definition) is 1. The Morgan fingerprint density at radius 1 is 1.40 bits per heavy atom. The van der Waals surface area contributed by atoms with Crippen molar-refractivity contribution in [2.45, 2.75) is 44.6 Å². The standard InChI is InChI=1S/C11H22O3P/c1-13-8-4-3-5-10-6-7-11(9-10)14-15(2)12/h10-12H,2-9H2,1H3/q+1. The van der Waals surface area contributed by atoms with Crippen molar-refractivity contribution in [3.63, 3.8) is 0 Å². The zero-order chi connectivity index (χ0) is 11.1. The molecule has 3 atom stereocenters. The second-order valence-electron chi connectivity index (χ2n) is 4.25. The highest BCUT2D eigenvalue weighted by Gasteiger charge is 2.28. The first-order chi connectivity index (χ1) is 7.22. The van der Waals surface area contributed by atoms with E-state index in [2.05, 4.69) is 6.30 Å². The molecular formula is C11H22O3P+. The topological polar surface area (TPSA) is 38.7 Å². The second kappa shape index (κ2) is 7.34. The number of methoxy groups -OCH3 is 1. The summed E-state index contributed by atoms with van der Waals surface area (Å²) in [6.07, 6.45) is 10.8. The fraction of sp³-hybridized carbons (Fsp3) is 0.909. The molecule has 3 unspecified atom stereocenters. The van der Waals surface area contributed by atoms with E-state index in [1.54, 1.807) is 7.11 Å². The molecule has 15 heavy (non-hydrogen) atoms. The van der Waals surface area contributed by atoms with Gasteiger partial charge in [-0.25, -0.2) is 0 Å². The van der Waals surface area contributed by atoms with Gasteiger partial charge in [-0.1, -0.05) is 12.8 Å². The molecule has 0 aromatic rings. The monoisotopic (exact) mass is 233 g/mol. The summed E-state index contributed by atoms with van der Waals surface area (Å²) in [6, 6.07) is 0. The summed E-state index contributed by atoms with van der Waals surface area (Å²) in [5.74, 6) is 0.779. The Labute approximate surface area is 93.3 Å². The number of rotatable bonds is 7. The zero-order valence-corrected chi connectivity index (χ0v) is 10.4. The van der Waals surface area contributed by atoms with Gasteiger partial charge in [0.2, 0.25) is 0 Å². The largest absolute Gasteiger partial charge is 0.420 e. The maximum atomic E-state index is 9.06. The van der Waals surface area contributed by atoms with Crippen LogP contribution in [0.4, 0.5) is 0 Å². The van der Waals surface area contributed by atoms with Crippen molar-refractivity contribution < 1.29 is 14.2 Å². The Kier molecular flexibility index (Phi) is 6.42. The molecular weight excluding hydrogens is 211 g/mol. The lowest BCUT2D eigenvalue weighted by Gasteiger charge is -2.08. The molecule has 0 aromatic carbocycles. The van der Waals surface area contributed by atoms with Gasteiger partial charge in [0.1, 0.15) is 12.4 Å². The molecule has 1 rings (SSSR count). The van der Waals surface area contributed by atoms with Crippen LogP contribution in [0, 0.1) is 5.92 Å². The average Bonchev–Trinajstić information content (AvgIpc) is 2.59. The van der Waals surface area contributed by atoms with E-state index in [9.17, 15) is 0 Å². The van der Waals surface area contributed by atoms with Crippen LogP contribution < -0.4 is 0 Å². The van der Waals surface area contributed by atoms with Crippen molar-refractivity contribution in [3.8, 4) is 0 Å². The highest BCUT2D eigenvalue weighted by atomic mass is 31.1. The summed E-state index contributed by atoms with van der Waals surface area (Å²) in [7, 11) is 0.328. The maximum Gasteiger partial charge on any atom is 0.420 e. The van der Waals surface area contributed by atoms with Crippen LogP contribution in [0.3, 0.4) is 0 Å². The van der Waals surface area contributed by atoms with E-state index < -0.39 is 8.00 Å². The predicted molar refractivity (Wildman–Crippen MR) is 64.2 cm³/mol. The maximum absolute atomic E-state index is 9.06. The van der Waals surface area contributed by atoms with Gasteiger partial charge in [-0.15, -0.1) is 4.52 Å². The SMILES string of the molecule is C=[P+](O)OC1CCC(CCCCOC)C1. The molecule has 1 aliphatic carbocycles. The van der Waals surface area contributed by atoms with E-state index in [1.165, 1.54) is 19.3 Å². The van der Waals surface area contributed by atoms with Crippen LogP contribution in [0.1, 0.15) is 38.5 Å². The smallest absolute Gasteiger partial charge is 0.385 e. The molecule has 0 saturated heterocycles. The summed E-state index contributed by atoms with van der Waals surface area (Å²) in [5, 5.41) is 0. The van der Waals surface area contributed by atoms with E-state index in [0.29, 0.717) is 0 Å². The molecule has 88 valence electrons. The van der Waals surface area contributed by atoms with Crippen LogP contribution in [0.5, 0.6) is 0 Å². The molecule has 4 heteroatoms. The van der Waals surface area contributed by atoms with Crippen molar-refractivity contribution in [2.75, 3.05) is 13.7 Å². The number of hydrogen-bond acceptors (Lipinski definition) is 3. The third-order valence-electron chi connectivity index (χ3n) is 2.97. The normalized spacial score (nSPS) is 26.9. The minimum atomic E-state index is -1.42. The van der Waals surface area contributed by atoms with Gasteiger partial charge in [-0.2, -0.15) is 4.89 Å². The number of unbranched alkanes of at least 4 members (excludes halogenated alkanes) is 1. The molecule has 0 heterocycles. The molecule has 0 amide bonds. The van der Waals surface area contributed by atoms with E-state index in [1.807, 2.05) is 0 Å². The molecule has 0 aromatic heterocycles. The van der Waals surface area contributed by atoms with Gasteiger partial charge in [0.25, 0.3) is 0 Å². The quantitative estimate of drug-likeness (QED) is 0.542. The molecule has 1 aliphatic rings. The Hall–Kier alpha value is 0.0500. The first-order valence-electron chi connectivity index (χ1n) is 5.67. The van der Waals surface area contributed by atoms with Crippen molar-refractivity contribution in [3.05, 3.63) is 0 Å². The van der Waals surface area contributed by atoms with Gasteiger partial charge in [-0.3, -0.25) is 0 Å². The minimum Gasteiger partial charge on any atom is -0.385 e. The van der Waals surface area contributed by atoms with Crippen LogP contribution in [0.25, 0.3) is 0 Å². The Bertz CT molecular complexity index is 196. The highest BCUT2D eigenvalue weighted by Crippen LogP contribution is 2.35. The van der Waals surface area contributed by atoms with Gasteiger partial charge in [0.05, 0.1) is 0 Å². The summed E-state index contributed by atoms with van der Waals surface area (Å²) in [5.41, 5.74) is 0. The molecule has 1 N–H and O–H groups in total. The highest BCUT2D eigenvalue weighted by molar-refractivity contribution is 7.44. The molecule has 1 fully saturated rings. The van der Waals surface area contributed by atoms with Crippen molar-refractivity contribution in [2.24, 2.45) is 5.92 Å². The van der Waals surface area contributed by atoms with Gasteiger partial charge in [0.15, 0.2) is 0 Å². The van der Waals surface area contributed by atoms with Crippen molar-refractivity contribution in [1.82, 2.24) is 0 Å². The Morgan fingerprint density at radius 3 is 2.87 bits per heavy atom. The van der Waals surface area contributed by atoms with E-state index in [-0.39, 0.29) is 6.10 Å². The Balaban J connectivity index is 2.05. The molecule has 0 spiro atoms. The third kappa shape index (κ3) is 5.62. The van der Waals surface area contributed by atoms with E-state index in [4.69, 9.17) is 14.2 Å². The fourth-order valence-electron chi connectivity index (χ4n) is 2.24. The average molecular weight is 233 g/mol. The van der Waals surface area contributed by atoms with Gasteiger partial charge >= 0.3 is 8.00 Å². The lowest BCUT2D eigenvalue weighted by Crippen LogP contribution is -2.04. The zero-order valence-electron chi connectivity index (χ0n) is 9.52.